The van der Waals surface area contributed by atoms with Crippen LogP contribution in [-0.2, 0) is 16.1 Å². The second-order valence-electron chi connectivity index (χ2n) is 12.6. The monoisotopic (exact) mass is 675 g/mol. The van der Waals surface area contributed by atoms with Crippen molar-refractivity contribution in [2.45, 2.75) is 66.0 Å². The molecule has 0 radical (unpaired) electrons. The number of nitrogens with zero attached hydrogens (tertiary/aromatic N) is 3. The van der Waals surface area contributed by atoms with Crippen molar-refractivity contribution in [3.63, 3.8) is 0 Å². The number of benzene rings is 3. The van der Waals surface area contributed by atoms with E-state index in [2.05, 4.69) is 117 Å². The van der Waals surface area contributed by atoms with Gasteiger partial charge in [-0.1, -0.05) is 81.8 Å². The first kappa shape index (κ1) is 36.1. The summed E-state index contributed by atoms with van der Waals surface area (Å²) in [6.45, 7) is 10.1. The number of H-pyrrole nitrogens is 2. The van der Waals surface area contributed by atoms with E-state index in [1.54, 1.807) is 4.90 Å². The standard InChI is InChI=1S/C37H41N7O3.C3H8/c1-4-17-44(34(45)22-41-37(46)47-3)23-33-39-20-32(42-33)28-18-24(2)35(29(19-28)25-9-6-5-7-10-25)27-14-12-26(13-15-27)31-21-40-36(43-31)30-11-8-16-38-30;1-3-2/h5-7,9-10,12-15,18-21,30,38H,4,8,11,16-17,22-23H2,1-3H3,(H,39,42)(H,40,43)(H,41,46);3H2,1-2H3. The molecule has 10 heteroatoms. The highest BCUT2D eigenvalue weighted by Crippen LogP contribution is 2.39. The summed E-state index contributed by atoms with van der Waals surface area (Å²) in [7, 11) is 1.27. The van der Waals surface area contributed by atoms with Gasteiger partial charge in [-0.15, -0.1) is 0 Å². The van der Waals surface area contributed by atoms with Crippen molar-refractivity contribution in [3.05, 3.63) is 96.3 Å². The summed E-state index contributed by atoms with van der Waals surface area (Å²) < 4.78 is 4.59. The molecule has 0 aliphatic carbocycles. The Hall–Kier alpha value is -5.22. The Kier molecular flexibility index (Phi) is 12.6. The van der Waals surface area contributed by atoms with E-state index in [1.807, 2.05) is 25.4 Å². The molecule has 1 saturated heterocycles. The maximum absolute atomic E-state index is 12.8. The minimum absolute atomic E-state index is 0.136. The number of hydrogen-bond acceptors (Lipinski definition) is 6. The highest BCUT2D eigenvalue weighted by molar-refractivity contribution is 5.89. The number of rotatable bonds is 11. The summed E-state index contributed by atoms with van der Waals surface area (Å²) >= 11 is 0. The van der Waals surface area contributed by atoms with E-state index in [0.717, 1.165) is 70.0 Å². The SMILES string of the molecule is CCC.CCCN(Cc1ncc(-c2cc(C)c(-c3ccc(-c4cnc(C5CCCN5)[nH]4)cc3)c(-c3ccccc3)c2)[nH]1)C(=O)CNC(=O)OC. The zero-order valence-corrected chi connectivity index (χ0v) is 29.8. The third kappa shape index (κ3) is 8.87. The van der Waals surface area contributed by atoms with Gasteiger partial charge in [0, 0.05) is 12.1 Å². The molecule has 1 atom stereocenters. The van der Waals surface area contributed by atoms with Crippen LogP contribution in [0.1, 0.15) is 69.7 Å². The molecule has 50 heavy (non-hydrogen) atoms. The van der Waals surface area contributed by atoms with Crippen LogP contribution in [0.2, 0.25) is 0 Å². The van der Waals surface area contributed by atoms with Crippen LogP contribution in [0.4, 0.5) is 4.79 Å². The first-order valence-corrected chi connectivity index (χ1v) is 17.6. The summed E-state index contributed by atoms with van der Waals surface area (Å²) in [6, 6.07) is 23.8. The smallest absolute Gasteiger partial charge is 0.407 e. The predicted molar refractivity (Wildman–Crippen MR) is 199 cm³/mol. The van der Waals surface area contributed by atoms with Crippen LogP contribution in [0, 0.1) is 6.92 Å². The number of imidazole rings is 2. The Bertz CT molecular complexity index is 1840. The zero-order chi connectivity index (χ0) is 35.5. The van der Waals surface area contributed by atoms with E-state index in [0.29, 0.717) is 25.0 Å². The van der Waals surface area contributed by atoms with E-state index in [-0.39, 0.29) is 12.5 Å². The van der Waals surface area contributed by atoms with E-state index in [1.165, 1.54) is 25.5 Å². The fourth-order valence-electron chi connectivity index (χ4n) is 6.23. The number of carbonyl (C=O) groups excluding carboxylic acids is 2. The molecule has 0 saturated carbocycles. The van der Waals surface area contributed by atoms with Gasteiger partial charge in [0.05, 0.1) is 43.5 Å². The molecule has 1 aliphatic heterocycles. The van der Waals surface area contributed by atoms with Crippen LogP contribution < -0.4 is 10.6 Å². The van der Waals surface area contributed by atoms with Crippen LogP contribution >= 0.6 is 0 Å². The van der Waals surface area contributed by atoms with Gasteiger partial charge in [-0.2, -0.15) is 0 Å². The average Bonchev–Trinajstić information content (AvgIpc) is 3.94. The topological polar surface area (TPSA) is 128 Å². The average molecular weight is 676 g/mol. The van der Waals surface area contributed by atoms with Crippen LogP contribution in [0.25, 0.3) is 44.8 Å². The van der Waals surface area contributed by atoms with Gasteiger partial charge in [-0.3, -0.25) is 4.79 Å². The molecule has 1 fully saturated rings. The molecule has 262 valence electrons. The van der Waals surface area contributed by atoms with E-state index in [9.17, 15) is 9.59 Å². The molecule has 2 amide bonds. The number of hydrogen-bond donors (Lipinski definition) is 4. The van der Waals surface area contributed by atoms with Crippen LogP contribution in [-0.4, -0.2) is 63.6 Å². The Morgan fingerprint density at radius 3 is 2.28 bits per heavy atom. The van der Waals surface area contributed by atoms with Crippen molar-refractivity contribution >= 4 is 12.0 Å². The number of amides is 2. The summed E-state index contributed by atoms with van der Waals surface area (Å²) in [5.74, 6) is 1.47. The lowest BCUT2D eigenvalue weighted by Gasteiger charge is -2.21. The minimum atomic E-state index is -0.636. The lowest BCUT2D eigenvalue weighted by Crippen LogP contribution is -2.40. The Balaban J connectivity index is 0.00000156. The highest BCUT2D eigenvalue weighted by Gasteiger charge is 2.20. The molecule has 3 aromatic carbocycles. The van der Waals surface area contributed by atoms with Crippen LogP contribution in [0.5, 0.6) is 0 Å². The second kappa shape index (κ2) is 17.4. The molecule has 1 unspecified atom stereocenters. The van der Waals surface area contributed by atoms with Crippen LogP contribution in [0.15, 0.2) is 79.1 Å². The highest BCUT2D eigenvalue weighted by atomic mass is 16.5. The molecule has 10 nitrogen and oxygen atoms in total. The van der Waals surface area contributed by atoms with Crippen molar-refractivity contribution < 1.29 is 14.3 Å². The van der Waals surface area contributed by atoms with Crippen molar-refractivity contribution in [1.29, 1.82) is 0 Å². The van der Waals surface area contributed by atoms with Gasteiger partial charge >= 0.3 is 6.09 Å². The largest absolute Gasteiger partial charge is 0.453 e. The van der Waals surface area contributed by atoms with E-state index >= 15 is 0 Å². The Morgan fingerprint density at radius 1 is 0.900 bits per heavy atom. The number of methoxy groups -OCH3 is 1. The first-order chi connectivity index (χ1) is 24.3. The molecule has 6 rings (SSSR count). The number of ether oxygens (including phenoxy) is 1. The zero-order valence-electron chi connectivity index (χ0n) is 29.8. The number of aromatic amines is 2. The normalized spacial score (nSPS) is 13.7. The molecule has 5 aromatic rings. The quantitative estimate of drug-likeness (QED) is 0.112. The molecule has 3 heterocycles. The van der Waals surface area contributed by atoms with Crippen molar-refractivity contribution in [2.24, 2.45) is 0 Å². The van der Waals surface area contributed by atoms with E-state index in [4.69, 9.17) is 0 Å². The molecular formula is C40H49N7O3. The van der Waals surface area contributed by atoms with Gasteiger partial charge in [-0.25, -0.2) is 14.8 Å². The number of alkyl carbamates (subject to hydrolysis) is 1. The maximum atomic E-state index is 12.8. The molecule has 0 spiro atoms. The van der Waals surface area contributed by atoms with Crippen molar-refractivity contribution in [1.82, 2.24) is 35.5 Å². The fourth-order valence-corrected chi connectivity index (χ4v) is 6.23. The van der Waals surface area contributed by atoms with Gasteiger partial charge in [0.25, 0.3) is 0 Å². The number of aryl methyl sites for hydroxylation is 1. The molecule has 1 aliphatic rings. The number of carbonyl (C=O) groups is 2. The van der Waals surface area contributed by atoms with E-state index < -0.39 is 6.09 Å². The fraction of sp³-hybridized carbons (Fsp3) is 0.350. The maximum Gasteiger partial charge on any atom is 0.407 e. The van der Waals surface area contributed by atoms with Gasteiger partial charge in [0.2, 0.25) is 5.91 Å². The molecular weight excluding hydrogens is 626 g/mol. The minimum Gasteiger partial charge on any atom is -0.453 e. The molecule has 2 aromatic heterocycles. The number of aromatic nitrogens is 4. The Labute approximate surface area is 295 Å². The van der Waals surface area contributed by atoms with Gasteiger partial charge in [0.1, 0.15) is 18.2 Å². The van der Waals surface area contributed by atoms with Gasteiger partial charge < -0.3 is 30.2 Å². The third-order valence-corrected chi connectivity index (χ3v) is 8.59. The van der Waals surface area contributed by atoms with Gasteiger partial charge in [0.15, 0.2) is 0 Å². The molecule has 0 bridgehead atoms. The van der Waals surface area contributed by atoms with Crippen molar-refractivity contribution in [2.75, 3.05) is 26.7 Å². The van der Waals surface area contributed by atoms with Gasteiger partial charge in [-0.05, 0) is 78.2 Å². The Morgan fingerprint density at radius 2 is 1.60 bits per heavy atom. The summed E-state index contributed by atoms with van der Waals surface area (Å²) in [5.41, 5.74) is 9.68. The number of nitrogens with one attached hydrogen (secondary N) is 4. The predicted octanol–water partition coefficient (Wildman–Crippen LogP) is 8.04. The third-order valence-electron chi connectivity index (χ3n) is 8.59. The summed E-state index contributed by atoms with van der Waals surface area (Å²) in [4.78, 5) is 42.2. The lowest BCUT2D eigenvalue weighted by molar-refractivity contribution is -0.130. The summed E-state index contributed by atoms with van der Waals surface area (Å²) in [6.07, 6.45) is 7.41. The lowest BCUT2D eigenvalue weighted by atomic mass is 9.88. The first-order valence-electron chi connectivity index (χ1n) is 17.6. The van der Waals surface area contributed by atoms with Crippen LogP contribution in [0.3, 0.4) is 0 Å². The second-order valence-corrected chi connectivity index (χ2v) is 12.6. The van der Waals surface area contributed by atoms with Crippen molar-refractivity contribution in [3.8, 4) is 44.8 Å². The summed E-state index contributed by atoms with van der Waals surface area (Å²) in [5, 5.41) is 5.98. The molecule has 4 N–H and O–H groups in total.